The van der Waals surface area contributed by atoms with E-state index in [1.165, 1.54) is 32.1 Å². The van der Waals surface area contributed by atoms with Crippen molar-refractivity contribution in [1.82, 2.24) is 9.55 Å². The van der Waals surface area contributed by atoms with Crippen LogP contribution in [0.2, 0.25) is 0 Å². The van der Waals surface area contributed by atoms with Crippen LogP contribution in [0, 0.1) is 78.8 Å². The Morgan fingerprint density at radius 3 is 1.19 bits per heavy atom. The second-order valence-electron chi connectivity index (χ2n) is 41.9. The summed E-state index contributed by atoms with van der Waals surface area (Å²) in [7, 11) is 0. The smallest absolute Gasteiger partial charge is 0.330 e. The van der Waals surface area contributed by atoms with Gasteiger partial charge in [0.05, 0.1) is 37.9 Å². The fourth-order valence-corrected chi connectivity index (χ4v) is 7.92. The summed E-state index contributed by atoms with van der Waals surface area (Å²) in [5.41, 5.74) is 2.75. The van der Waals surface area contributed by atoms with Crippen molar-refractivity contribution < 1.29 is 81.5 Å². The van der Waals surface area contributed by atoms with Crippen molar-refractivity contribution in [1.29, 1.82) is 0 Å². The van der Waals surface area contributed by atoms with Crippen molar-refractivity contribution in [3.8, 4) is 24.7 Å². The number of ether oxygens (including phenoxy) is 5. The van der Waals surface area contributed by atoms with Crippen LogP contribution in [0.5, 0.6) is 0 Å². The topological polar surface area (TPSA) is 272 Å². The first-order chi connectivity index (χ1) is 53.4. The SMILES string of the molecule is C#CC(=C)C(O)CC(C)(C)C.C#CC(=O)CC(C)(C)C.C=CC(=O)CC(C)(C)C.C=CC(=O)OC(C=C)C(C)(C)C.C=CC(=O)OCC(C)(C)C.C=Cc1nccn1CC(C)(C)C.CC(=O)CC(=O)C(C)(C)C.CC(=O)OCC(=O)CC(C)(C)C.CC(C)=CC(=O)CC(C)(C)C.CC(C)=CC(=O)CC(C)(C)C.CCOC(=O)/C=C/COC(C)(C)C. The van der Waals surface area contributed by atoms with Gasteiger partial charge >= 0.3 is 23.9 Å². The zero-order chi connectivity index (χ0) is 97.8. The molecule has 2 unspecified atom stereocenters. The number of hydrogen-bond acceptors (Lipinski definition) is 18. The molecule has 0 fully saturated rings. The predicted molar refractivity (Wildman–Crippen MR) is 501 cm³/mol. The van der Waals surface area contributed by atoms with Crippen molar-refractivity contribution in [2.75, 3.05) is 26.4 Å². The van der Waals surface area contributed by atoms with Gasteiger partial charge in [-0.1, -0.05) is 276 Å². The first-order valence-electron chi connectivity index (χ1n) is 40.8. The van der Waals surface area contributed by atoms with Crippen LogP contribution in [0.15, 0.2) is 117 Å². The van der Waals surface area contributed by atoms with Crippen LogP contribution < -0.4 is 0 Å². The Kier molecular flexibility index (Phi) is 71.8. The molecule has 0 saturated carbocycles. The van der Waals surface area contributed by atoms with E-state index in [4.69, 9.17) is 31.8 Å². The molecule has 19 nitrogen and oxygen atoms in total. The number of nitrogens with zero attached hydrogens (tertiary/aromatic N) is 2. The first kappa shape index (κ1) is 132. The van der Waals surface area contributed by atoms with Gasteiger partial charge in [-0.15, -0.1) is 12.8 Å². The van der Waals surface area contributed by atoms with Crippen LogP contribution in [0.4, 0.5) is 0 Å². The Hall–Kier alpha value is -8.52. The molecule has 0 spiro atoms. The number of Topliss-reactive ketones (excluding diaryl/α,β-unsaturated/α-hetero) is 4. The van der Waals surface area contributed by atoms with E-state index in [2.05, 4.69) is 149 Å². The van der Waals surface area contributed by atoms with Crippen LogP contribution in [-0.2, 0) is 83.0 Å². The van der Waals surface area contributed by atoms with E-state index in [1.54, 1.807) is 37.3 Å². The van der Waals surface area contributed by atoms with E-state index in [0.717, 1.165) is 29.6 Å². The zero-order valence-corrected chi connectivity index (χ0v) is 83.3. The molecule has 2 atom stereocenters. The molecule has 19 heteroatoms. The lowest BCUT2D eigenvalue weighted by atomic mass is 9.87. The Morgan fingerprint density at radius 2 is 0.933 bits per heavy atom. The molecule has 1 heterocycles. The van der Waals surface area contributed by atoms with E-state index in [1.807, 2.05) is 185 Å². The lowest BCUT2D eigenvalue weighted by molar-refractivity contribution is -0.146. The van der Waals surface area contributed by atoms with Crippen LogP contribution in [-0.4, -0.2) is 123 Å². The van der Waals surface area contributed by atoms with Gasteiger partial charge in [0, 0.05) is 92.6 Å². The molecule has 1 aromatic rings. The van der Waals surface area contributed by atoms with E-state index in [-0.39, 0.29) is 126 Å². The predicted octanol–water partition coefficient (Wildman–Crippen LogP) is 23.4. The lowest BCUT2D eigenvalue weighted by Gasteiger charge is -2.26. The number of aromatic nitrogens is 2. The quantitative estimate of drug-likeness (QED) is 0.0181. The van der Waals surface area contributed by atoms with Crippen molar-refractivity contribution in [2.45, 2.75) is 346 Å². The Balaban J connectivity index is -0.000000139. The van der Waals surface area contributed by atoms with Crippen LogP contribution in [0.25, 0.3) is 6.08 Å². The molecule has 688 valence electrons. The minimum absolute atomic E-state index is 0.0139. The average Bonchev–Trinajstić information content (AvgIpc) is 1.73. The molecule has 0 bridgehead atoms. The third-order valence-corrected chi connectivity index (χ3v) is 12.9. The van der Waals surface area contributed by atoms with Gasteiger partial charge in [0.15, 0.2) is 23.1 Å². The highest BCUT2D eigenvalue weighted by Gasteiger charge is 2.26. The van der Waals surface area contributed by atoms with Crippen molar-refractivity contribution >= 4 is 70.4 Å². The maximum Gasteiger partial charge on any atom is 0.330 e. The molecule has 0 amide bonds. The third kappa shape index (κ3) is 118. The molecule has 0 saturated heterocycles. The molecular weight excluding hydrogens is 1510 g/mol. The molecule has 0 aromatic carbocycles. The highest BCUT2D eigenvalue weighted by atomic mass is 16.5. The number of rotatable bonds is 25. The number of ketones is 7. The van der Waals surface area contributed by atoms with Gasteiger partial charge in [0.25, 0.3) is 0 Å². The van der Waals surface area contributed by atoms with Crippen molar-refractivity contribution in [2.24, 2.45) is 54.1 Å². The first-order valence-corrected chi connectivity index (χ1v) is 40.8. The zero-order valence-electron chi connectivity index (χ0n) is 83.3. The molecule has 1 N–H and O–H groups in total. The summed E-state index contributed by atoms with van der Waals surface area (Å²) in [6, 6.07) is 0. The fraction of sp³-hybridized carbons (Fsp3) is 0.644. The minimum atomic E-state index is -0.556. The monoisotopic (exact) mass is 1690 g/mol. The number of esters is 4. The number of aliphatic hydroxyl groups excluding tert-OH is 1. The molecule has 120 heavy (non-hydrogen) atoms. The minimum Gasteiger partial charge on any atom is -0.463 e. The number of carbonyl (C=O) groups excluding carboxylic acids is 11. The van der Waals surface area contributed by atoms with E-state index < -0.39 is 18.0 Å². The number of allylic oxidation sites excluding steroid dienone is 5. The molecule has 1 rings (SSSR count). The van der Waals surface area contributed by atoms with Crippen LogP contribution in [0.1, 0.15) is 328 Å². The number of carbonyl (C=O) groups is 11. The summed E-state index contributed by atoms with van der Waals surface area (Å²) < 4.78 is 26.6. The second-order valence-corrected chi connectivity index (χ2v) is 41.9. The molecule has 1 aromatic heterocycles. The van der Waals surface area contributed by atoms with E-state index >= 15 is 0 Å². The van der Waals surface area contributed by atoms with Gasteiger partial charge in [-0.3, -0.25) is 38.4 Å². The van der Waals surface area contributed by atoms with Gasteiger partial charge in [0.2, 0.25) is 5.78 Å². The van der Waals surface area contributed by atoms with E-state index in [9.17, 15) is 57.8 Å². The molecule has 0 aliphatic heterocycles. The van der Waals surface area contributed by atoms with E-state index in [0.29, 0.717) is 69.3 Å². The van der Waals surface area contributed by atoms with Gasteiger partial charge in [-0.25, -0.2) is 19.4 Å². The Morgan fingerprint density at radius 1 is 0.517 bits per heavy atom. The Bertz CT molecular complexity index is 3400. The van der Waals surface area contributed by atoms with Gasteiger partial charge < -0.3 is 33.4 Å². The number of aliphatic hydroxyl groups is 1. The normalized spacial score (nSPS) is 11.6. The summed E-state index contributed by atoms with van der Waals surface area (Å²) in [5, 5.41) is 9.41. The average molecular weight is 1690 g/mol. The van der Waals surface area contributed by atoms with Crippen LogP contribution in [0.3, 0.4) is 0 Å². The maximum absolute atomic E-state index is 11.2. The summed E-state index contributed by atoms with van der Waals surface area (Å²) in [4.78, 5) is 123. The standard InChI is InChI=1S/C10H16N2.C10H18O3.C10H16O2.2C10H18O.C10H16O.C9H16O3.2C8H14O2.C8H14O.C8H12O/c1-5-9-11-6-7-12(9)8-10(2,3)4;1-5-12-9(11)7-6-8-13-10(2,3)4;1-6-8(10(3,4)5)12-9(11)7-2;2*1-8(2)6-9(11)7-10(3,4)5;1-6-8(2)9(11)7-10(3,4)5;1-7(10)12-6-8(11)5-9(2,3)4;1-6(9)5-7(10)8(2,3)4;1-5-7(9)10-6-8(2,3)4;2*1-5-7(9)6-8(2,3)4/h5-7H,1,8H2,2-4H3;6-7H,5,8H2,1-4H3;6-8H,1-2H2,3-5H3;2*6H,7H2,1-5H3;1,9,11H,2,7H2,3-5H3;5-6H2,1-4H3;5H2,1-4H3;5H,1,6H2,2-4H3;5H,1,6H2,2-4H3;1H,6H2,2-4H3/b;7-6+;;;;;;;;;. The molecule has 0 aliphatic carbocycles. The summed E-state index contributed by atoms with van der Waals surface area (Å²) >= 11 is 0. The lowest BCUT2D eigenvalue weighted by Crippen LogP contribution is -2.28. The van der Waals surface area contributed by atoms with Crippen molar-refractivity contribution in [3.05, 3.63) is 123 Å². The summed E-state index contributed by atoms with van der Waals surface area (Å²) in [5.74, 6) is 4.30. The highest BCUT2D eigenvalue weighted by molar-refractivity contribution is 6.00. The molecule has 0 aliphatic rings. The summed E-state index contributed by atoms with van der Waals surface area (Å²) in [6.07, 6.45) is 30.1. The second kappa shape index (κ2) is 65.2. The number of terminal acetylenes is 2. The van der Waals surface area contributed by atoms with Gasteiger partial charge in [0.1, 0.15) is 30.1 Å². The van der Waals surface area contributed by atoms with Gasteiger partial charge in [-0.2, -0.15) is 0 Å². The maximum atomic E-state index is 11.2. The molecule has 0 radical (unpaired) electrons. The molecular formula is C101H172N2O17. The Labute approximate surface area is 732 Å². The highest BCUT2D eigenvalue weighted by Crippen LogP contribution is 2.26. The third-order valence-electron chi connectivity index (χ3n) is 12.9. The van der Waals surface area contributed by atoms with Gasteiger partial charge in [-0.05, 0) is 142 Å². The summed E-state index contributed by atoms with van der Waals surface area (Å²) in [6.45, 7) is 102. The van der Waals surface area contributed by atoms with Crippen molar-refractivity contribution in [3.63, 3.8) is 0 Å². The number of hydrogen-bond donors (Lipinski definition) is 1. The van der Waals surface area contributed by atoms with Crippen LogP contribution >= 0.6 is 0 Å². The number of imidazole rings is 1. The fourth-order valence-electron chi connectivity index (χ4n) is 7.92. The largest absolute Gasteiger partial charge is 0.463 e.